The highest BCUT2D eigenvalue weighted by atomic mass is 35.5. The van der Waals surface area contributed by atoms with E-state index >= 15 is 0 Å². The summed E-state index contributed by atoms with van der Waals surface area (Å²) in [5.41, 5.74) is 1.93. The Balaban J connectivity index is 2.21. The van der Waals surface area contributed by atoms with E-state index in [0.717, 1.165) is 15.8 Å². The first-order chi connectivity index (χ1) is 9.58. The Kier molecular flexibility index (Phi) is 3.36. The molecule has 0 fully saturated rings. The van der Waals surface area contributed by atoms with Gasteiger partial charge >= 0.3 is 0 Å². The van der Waals surface area contributed by atoms with E-state index in [1.807, 2.05) is 11.4 Å². The van der Waals surface area contributed by atoms with Crippen LogP contribution in [-0.4, -0.2) is 4.57 Å². The fraction of sp³-hybridized carbons (Fsp3) is 0.133. The van der Waals surface area contributed by atoms with Gasteiger partial charge in [-0.15, -0.1) is 11.3 Å². The average molecular weight is 308 g/mol. The van der Waals surface area contributed by atoms with Crippen molar-refractivity contribution in [1.82, 2.24) is 4.57 Å². The molecule has 0 aliphatic heterocycles. The molecule has 0 saturated heterocycles. The van der Waals surface area contributed by atoms with Gasteiger partial charge in [-0.25, -0.2) is 4.39 Å². The quantitative estimate of drug-likeness (QED) is 0.695. The molecule has 0 unspecified atom stereocenters. The monoisotopic (exact) mass is 307 g/mol. The summed E-state index contributed by atoms with van der Waals surface area (Å²) in [7, 11) is 0. The maximum absolute atomic E-state index is 13.3. The number of rotatable bonds is 2. The lowest BCUT2D eigenvalue weighted by Crippen LogP contribution is -2.23. The molecule has 3 rings (SSSR count). The van der Waals surface area contributed by atoms with Crippen molar-refractivity contribution in [1.29, 1.82) is 0 Å². The van der Waals surface area contributed by atoms with Gasteiger partial charge in [-0.1, -0.05) is 23.7 Å². The van der Waals surface area contributed by atoms with E-state index in [1.54, 1.807) is 23.6 Å². The molecule has 5 heteroatoms. The molecule has 2 heterocycles. The maximum Gasteiger partial charge on any atom is 0.255 e. The summed E-state index contributed by atoms with van der Waals surface area (Å²) in [6.45, 7) is 2.05. The zero-order chi connectivity index (χ0) is 14.3. The summed E-state index contributed by atoms with van der Waals surface area (Å²) in [6, 6.07) is 8.14. The predicted octanol–water partition coefficient (Wildman–Crippen LogP) is 4.21. The summed E-state index contributed by atoms with van der Waals surface area (Å²) >= 11 is 7.71. The first-order valence-electron chi connectivity index (χ1n) is 6.08. The SMILES string of the molecule is Cc1c(Cl)c2sccc2n(Cc2cccc(F)c2)c1=O. The van der Waals surface area contributed by atoms with Gasteiger partial charge in [-0.05, 0) is 36.1 Å². The molecule has 0 bridgehead atoms. The van der Waals surface area contributed by atoms with Crippen LogP contribution in [0.4, 0.5) is 4.39 Å². The summed E-state index contributed by atoms with van der Waals surface area (Å²) in [5.74, 6) is -0.303. The number of fused-ring (bicyclic) bond motifs is 1. The van der Waals surface area contributed by atoms with E-state index in [1.165, 1.54) is 23.5 Å². The van der Waals surface area contributed by atoms with Crippen molar-refractivity contribution >= 4 is 33.2 Å². The highest BCUT2D eigenvalue weighted by molar-refractivity contribution is 7.17. The Hall–Kier alpha value is -1.65. The Morgan fingerprint density at radius 3 is 2.90 bits per heavy atom. The molecule has 0 radical (unpaired) electrons. The lowest BCUT2D eigenvalue weighted by molar-refractivity contribution is 0.623. The zero-order valence-electron chi connectivity index (χ0n) is 10.7. The van der Waals surface area contributed by atoms with Crippen LogP contribution in [0, 0.1) is 12.7 Å². The summed E-state index contributed by atoms with van der Waals surface area (Å²) < 4.78 is 15.8. The fourth-order valence-electron chi connectivity index (χ4n) is 2.23. The summed E-state index contributed by atoms with van der Waals surface area (Å²) in [6.07, 6.45) is 0. The number of benzene rings is 1. The van der Waals surface area contributed by atoms with Crippen molar-refractivity contribution in [2.24, 2.45) is 0 Å². The van der Waals surface area contributed by atoms with Gasteiger partial charge in [0.1, 0.15) is 5.82 Å². The third-order valence-electron chi connectivity index (χ3n) is 3.26. The molecule has 3 aromatic rings. The van der Waals surface area contributed by atoms with Crippen molar-refractivity contribution in [3.8, 4) is 0 Å². The van der Waals surface area contributed by atoms with Crippen LogP contribution in [-0.2, 0) is 6.54 Å². The molecular weight excluding hydrogens is 297 g/mol. The minimum Gasteiger partial charge on any atom is -0.303 e. The smallest absolute Gasteiger partial charge is 0.255 e. The normalized spacial score (nSPS) is 11.2. The number of hydrogen-bond acceptors (Lipinski definition) is 2. The standard InChI is InChI=1S/C15H11ClFNOS/c1-9-13(16)14-12(5-6-20-14)18(15(9)19)8-10-3-2-4-11(17)7-10/h2-7H,8H2,1H3. The Bertz CT molecular complexity index is 853. The second-order valence-corrected chi connectivity index (χ2v) is 5.89. The molecule has 0 atom stereocenters. The molecule has 0 N–H and O–H groups in total. The lowest BCUT2D eigenvalue weighted by Gasteiger charge is -2.11. The van der Waals surface area contributed by atoms with Crippen molar-refractivity contribution in [2.75, 3.05) is 0 Å². The van der Waals surface area contributed by atoms with E-state index in [0.29, 0.717) is 17.1 Å². The van der Waals surface area contributed by atoms with E-state index in [2.05, 4.69) is 0 Å². The second kappa shape index (κ2) is 5.04. The first-order valence-corrected chi connectivity index (χ1v) is 7.34. The van der Waals surface area contributed by atoms with Crippen LogP contribution in [0.1, 0.15) is 11.1 Å². The van der Waals surface area contributed by atoms with Crippen molar-refractivity contribution in [2.45, 2.75) is 13.5 Å². The van der Waals surface area contributed by atoms with Gasteiger partial charge in [0, 0.05) is 5.56 Å². The van der Waals surface area contributed by atoms with Crippen molar-refractivity contribution in [3.63, 3.8) is 0 Å². The minimum absolute atomic E-state index is 0.134. The summed E-state index contributed by atoms with van der Waals surface area (Å²) in [4.78, 5) is 12.4. The van der Waals surface area contributed by atoms with E-state index in [9.17, 15) is 9.18 Å². The maximum atomic E-state index is 13.3. The highest BCUT2D eigenvalue weighted by Crippen LogP contribution is 2.29. The van der Waals surface area contributed by atoms with Gasteiger partial charge in [0.25, 0.3) is 5.56 Å². The first kappa shape index (κ1) is 13.3. The highest BCUT2D eigenvalue weighted by Gasteiger charge is 2.13. The molecule has 0 aliphatic rings. The molecule has 0 spiro atoms. The van der Waals surface area contributed by atoms with Gasteiger partial charge in [-0.2, -0.15) is 0 Å². The number of hydrogen-bond donors (Lipinski definition) is 0. The van der Waals surface area contributed by atoms with Gasteiger partial charge in [0.2, 0.25) is 0 Å². The van der Waals surface area contributed by atoms with Crippen molar-refractivity contribution < 1.29 is 4.39 Å². The predicted molar refractivity (Wildman–Crippen MR) is 81.3 cm³/mol. The molecule has 0 aliphatic carbocycles. The Morgan fingerprint density at radius 2 is 2.15 bits per heavy atom. The van der Waals surface area contributed by atoms with E-state index in [-0.39, 0.29) is 11.4 Å². The van der Waals surface area contributed by atoms with E-state index < -0.39 is 0 Å². The van der Waals surface area contributed by atoms with E-state index in [4.69, 9.17) is 11.6 Å². The van der Waals surface area contributed by atoms with Crippen LogP contribution < -0.4 is 5.56 Å². The number of aromatic nitrogens is 1. The number of pyridine rings is 1. The topological polar surface area (TPSA) is 22.0 Å². The third-order valence-corrected chi connectivity index (χ3v) is 4.77. The van der Waals surface area contributed by atoms with Crippen LogP contribution in [0.2, 0.25) is 5.02 Å². The Morgan fingerprint density at radius 1 is 1.35 bits per heavy atom. The second-order valence-electron chi connectivity index (χ2n) is 4.60. The van der Waals surface area contributed by atoms with Crippen LogP contribution in [0.25, 0.3) is 10.2 Å². The van der Waals surface area contributed by atoms with Gasteiger partial charge in [0.05, 0.1) is 21.8 Å². The number of halogens is 2. The minimum atomic E-state index is -0.303. The zero-order valence-corrected chi connectivity index (χ0v) is 12.3. The van der Waals surface area contributed by atoms with Crippen LogP contribution in [0.3, 0.4) is 0 Å². The largest absolute Gasteiger partial charge is 0.303 e. The molecule has 2 nitrogen and oxygen atoms in total. The van der Waals surface area contributed by atoms with Gasteiger partial charge < -0.3 is 4.57 Å². The average Bonchev–Trinajstić information content (AvgIpc) is 2.90. The Labute approximate surface area is 124 Å². The molecule has 0 saturated carbocycles. The van der Waals surface area contributed by atoms with Crippen LogP contribution in [0.5, 0.6) is 0 Å². The lowest BCUT2D eigenvalue weighted by atomic mass is 10.2. The fourth-order valence-corrected chi connectivity index (χ4v) is 3.43. The van der Waals surface area contributed by atoms with Crippen molar-refractivity contribution in [3.05, 3.63) is 68.0 Å². The molecule has 2 aromatic heterocycles. The number of thiophene rings is 1. The third kappa shape index (κ3) is 2.15. The van der Waals surface area contributed by atoms with Crippen LogP contribution in [0.15, 0.2) is 40.5 Å². The number of nitrogens with zero attached hydrogens (tertiary/aromatic N) is 1. The van der Waals surface area contributed by atoms with Gasteiger partial charge in [0.15, 0.2) is 0 Å². The molecule has 102 valence electrons. The molecule has 20 heavy (non-hydrogen) atoms. The molecule has 0 amide bonds. The van der Waals surface area contributed by atoms with Gasteiger partial charge in [-0.3, -0.25) is 4.79 Å². The molecular formula is C15H11ClFNOS. The van der Waals surface area contributed by atoms with Crippen LogP contribution >= 0.6 is 22.9 Å². The molecule has 1 aromatic carbocycles. The summed E-state index contributed by atoms with van der Waals surface area (Å²) in [5, 5.41) is 2.41.